The third kappa shape index (κ3) is 6.14. The number of amidine groups is 1. The van der Waals surface area contributed by atoms with Crippen molar-refractivity contribution in [3.8, 4) is 0 Å². The summed E-state index contributed by atoms with van der Waals surface area (Å²) in [4.78, 5) is 29.1. The molecule has 1 aliphatic heterocycles. The number of aliphatic imine (C=N–C) groups is 1. The number of carbonyl (C=O) groups excluding carboxylic acids is 2. The van der Waals surface area contributed by atoms with Crippen LogP contribution in [-0.4, -0.2) is 35.5 Å². The van der Waals surface area contributed by atoms with E-state index in [4.69, 9.17) is 4.74 Å². The van der Waals surface area contributed by atoms with Gasteiger partial charge in [0, 0.05) is 12.2 Å². The summed E-state index contributed by atoms with van der Waals surface area (Å²) in [7, 11) is 0. The van der Waals surface area contributed by atoms with Gasteiger partial charge in [0.15, 0.2) is 5.17 Å². The molecule has 3 rings (SSSR count). The first-order chi connectivity index (χ1) is 13.2. The molecule has 1 heterocycles. The van der Waals surface area contributed by atoms with E-state index in [9.17, 15) is 9.59 Å². The molecule has 0 radical (unpaired) electrons. The highest BCUT2D eigenvalue weighted by Gasteiger charge is 2.24. The summed E-state index contributed by atoms with van der Waals surface area (Å²) >= 11 is 1.49. The van der Waals surface area contributed by atoms with Crippen molar-refractivity contribution in [2.75, 3.05) is 12.3 Å². The molecule has 2 aromatic carbocycles. The van der Waals surface area contributed by atoms with Gasteiger partial charge in [-0.3, -0.25) is 9.79 Å². The quantitative estimate of drug-likeness (QED) is 0.804. The van der Waals surface area contributed by atoms with E-state index in [0.29, 0.717) is 18.1 Å². The average Bonchev–Trinajstić information content (AvgIpc) is 3.20. The molecule has 6 nitrogen and oxygen atoms in total. The number of nitrogens with one attached hydrogen (secondary N) is 2. The van der Waals surface area contributed by atoms with Crippen LogP contribution in [0.1, 0.15) is 11.1 Å². The second-order valence-electron chi connectivity index (χ2n) is 5.97. The number of nitrogens with zero attached hydrogens (tertiary/aromatic N) is 1. The van der Waals surface area contributed by atoms with Crippen molar-refractivity contribution in [3.05, 3.63) is 71.8 Å². The molecule has 0 aliphatic carbocycles. The fourth-order valence-electron chi connectivity index (χ4n) is 2.57. The first-order valence-electron chi connectivity index (χ1n) is 8.70. The molecule has 0 spiro atoms. The lowest BCUT2D eigenvalue weighted by molar-refractivity contribution is -0.121. The van der Waals surface area contributed by atoms with Gasteiger partial charge in [-0.15, -0.1) is 0 Å². The molecule has 0 aromatic heterocycles. The highest BCUT2D eigenvalue weighted by atomic mass is 32.2. The van der Waals surface area contributed by atoms with Crippen LogP contribution in [0.2, 0.25) is 0 Å². The lowest BCUT2D eigenvalue weighted by Gasteiger charge is -2.18. The summed E-state index contributed by atoms with van der Waals surface area (Å²) in [6, 6.07) is 18.2. The monoisotopic (exact) mass is 383 g/mol. The van der Waals surface area contributed by atoms with Gasteiger partial charge in [0.2, 0.25) is 5.91 Å². The number of thioether (sulfide) groups is 1. The summed E-state index contributed by atoms with van der Waals surface area (Å²) in [5.41, 5.74) is 1.83. The van der Waals surface area contributed by atoms with E-state index < -0.39 is 12.1 Å². The van der Waals surface area contributed by atoms with E-state index in [1.54, 1.807) is 0 Å². The Morgan fingerprint density at radius 2 is 1.70 bits per heavy atom. The van der Waals surface area contributed by atoms with E-state index in [1.165, 1.54) is 11.8 Å². The lowest BCUT2D eigenvalue weighted by atomic mass is 10.1. The first-order valence-corrected chi connectivity index (χ1v) is 9.68. The molecule has 1 atom stereocenters. The highest BCUT2D eigenvalue weighted by molar-refractivity contribution is 8.14. The van der Waals surface area contributed by atoms with Crippen LogP contribution in [0, 0.1) is 0 Å². The summed E-state index contributed by atoms with van der Waals surface area (Å²) in [6.45, 7) is 0.838. The second-order valence-corrected chi connectivity index (χ2v) is 7.06. The van der Waals surface area contributed by atoms with Gasteiger partial charge in [0.1, 0.15) is 12.6 Å². The van der Waals surface area contributed by atoms with Gasteiger partial charge in [-0.25, -0.2) is 4.79 Å². The minimum atomic E-state index is -0.750. The van der Waals surface area contributed by atoms with Gasteiger partial charge in [0.25, 0.3) is 0 Å². The third-order valence-electron chi connectivity index (χ3n) is 3.92. The molecule has 27 heavy (non-hydrogen) atoms. The maximum atomic E-state index is 12.6. The molecule has 1 aliphatic rings. The molecule has 2 amide bonds. The molecule has 0 saturated heterocycles. The summed E-state index contributed by atoms with van der Waals surface area (Å²) in [6.07, 6.45) is -0.263. The normalized spacial score (nSPS) is 14.1. The Hall–Kier alpha value is -2.80. The highest BCUT2D eigenvalue weighted by Crippen LogP contribution is 2.10. The van der Waals surface area contributed by atoms with E-state index in [0.717, 1.165) is 16.9 Å². The fraction of sp³-hybridized carbons (Fsp3) is 0.250. The molecule has 0 saturated carbocycles. The molecule has 0 bridgehead atoms. The predicted molar refractivity (Wildman–Crippen MR) is 107 cm³/mol. The molecule has 140 valence electrons. The van der Waals surface area contributed by atoms with Crippen molar-refractivity contribution in [1.29, 1.82) is 0 Å². The van der Waals surface area contributed by atoms with Crippen LogP contribution >= 0.6 is 11.8 Å². The molecular weight excluding hydrogens is 362 g/mol. The maximum absolute atomic E-state index is 12.6. The Labute approximate surface area is 162 Å². The Kier molecular flexibility index (Phi) is 6.87. The molecule has 0 fully saturated rings. The zero-order chi connectivity index (χ0) is 18.9. The Morgan fingerprint density at radius 1 is 1.04 bits per heavy atom. The topological polar surface area (TPSA) is 79.8 Å². The zero-order valence-corrected chi connectivity index (χ0v) is 15.6. The van der Waals surface area contributed by atoms with Crippen LogP contribution in [0.4, 0.5) is 4.79 Å². The van der Waals surface area contributed by atoms with Gasteiger partial charge in [-0.05, 0) is 11.1 Å². The van der Waals surface area contributed by atoms with Crippen LogP contribution in [0.15, 0.2) is 65.7 Å². The maximum Gasteiger partial charge on any atom is 0.408 e. The van der Waals surface area contributed by atoms with Crippen molar-refractivity contribution >= 4 is 28.9 Å². The molecule has 0 unspecified atom stereocenters. The molecular formula is C20H21N3O3S. The van der Waals surface area contributed by atoms with Crippen molar-refractivity contribution in [2.24, 2.45) is 4.99 Å². The summed E-state index contributed by atoms with van der Waals surface area (Å²) in [5.74, 6) is 0.551. The Balaban J connectivity index is 1.61. The van der Waals surface area contributed by atoms with E-state index in [1.807, 2.05) is 60.7 Å². The minimum Gasteiger partial charge on any atom is -0.445 e. The number of carbonyl (C=O) groups is 2. The van der Waals surface area contributed by atoms with Crippen molar-refractivity contribution < 1.29 is 14.3 Å². The van der Waals surface area contributed by atoms with Crippen LogP contribution in [0.5, 0.6) is 0 Å². The number of ether oxygens (including phenoxy) is 1. The van der Waals surface area contributed by atoms with Crippen LogP contribution in [0.3, 0.4) is 0 Å². The fourth-order valence-corrected chi connectivity index (χ4v) is 3.30. The minimum absolute atomic E-state index is 0.148. The number of amides is 2. The van der Waals surface area contributed by atoms with Crippen LogP contribution in [0.25, 0.3) is 0 Å². The molecule has 2 aromatic rings. The number of hydrogen-bond donors (Lipinski definition) is 2. The number of benzene rings is 2. The Morgan fingerprint density at radius 3 is 2.33 bits per heavy atom. The van der Waals surface area contributed by atoms with E-state index >= 15 is 0 Å². The number of hydrogen-bond acceptors (Lipinski definition) is 5. The summed E-state index contributed by atoms with van der Waals surface area (Å²) in [5, 5.41) is 6.05. The smallest absolute Gasteiger partial charge is 0.408 e. The lowest BCUT2D eigenvalue weighted by Crippen LogP contribution is -2.49. The van der Waals surface area contributed by atoms with Crippen molar-refractivity contribution in [1.82, 2.24) is 10.6 Å². The molecule has 7 heteroatoms. The summed E-state index contributed by atoms with van der Waals surface area (Å²) < 4.78 is 5.25. The third-order valence-corrected chi connectivity index (χ3v) is 4.81. The average molecular weight is 383 g/mol. The predicted octanol–water partition coefficient (Wildman–Crippen LogP) is 2.74. The Bertz CT molecular complexity index is 797. The van der Waals surface area contributed by atoms with E-state index in [2.05, 4.69) is 15.6 Å². The number of rotatable bonds is 6. The van der Waals surface area contributed by atoms with Gasteiger partial charge < -0.3 is 15.4 Å². The van der Waals surface area contributed by atoms with Gasteiger partial charge in [-0.1, -0.05) is 72.4 Å². The van der Waals surface area contributed by atoms with Crippen LogP contribution in [-0.2, 0) is 22.6 Å². The first kappa shape index (κ1) is 19.0. The standard InChI is InChI=1S/C20H21N3O3S/c24-18(23-19-21-11-12-27-19)17(13-15-7-3-1-4-8-15)22-20(25)26-14-16-9-5-2-6-10-16/h1-10,17H,11-14H2,(H,22,25)(H,21,23,24)/t17-/m1/s1. The zero-order valence-electron chi connectivity index (χ0n) is 14.8. The van der Waals surface area contributed by atoms with Crippen molar-refractivity contribution in [3.63, 3.8) is 0 Å². The number of alkyl carbamates (subject to hydrolysis) is 1. The SMILES string of the molecule is O=C(N[C@H](Cc1ccccc1)C(=O)NC1=NCCS1)OCc1ccccc1. The van der Waals surface area contributed by atoms with Crippen molar-refractivity contribution in [2.45, 2.75) is 19.1 Å². The van der Waals surface area contributed by atoms with E-state index in [-0.39, 0.29) is 12.5 Å². The van der Waals surface area contributed by atoms with Crippen LogP contribution < -0.4 is 10.6 Å². The van der Waals surface area contributed by atoms with Gasteiger partial charge in [0.05, 0.1) is 6.54 Å². The van der Waals surface area contributed by atoms with Gasteiger partial charge in [-0.2, -0.15) is 0 Å². The second kappa shape index (κ2) is 9.78. The molecule has 2 N–H and O–H groups in total. The van der Waals surface area contributed by atoms with Gasteiger partial charge >= 0.3 is 6.09 Å². The largest absolute Gasteiger partial charge is 0.445 e.